The van der Waals surface area contributed by atoms with Gasteiger partial charge in [0, 0.05) is 37.3 Å². The summed E-state index contributed by atoms with van der Waals surface area (Å²) in [5, 5.41) is 1.21. The molecule has 2 aromatic rings. The van der Waals surface area contributed by atoms with Gasteiger partial charge in [-0.3, -0.25) is 4.90 Å². The van der Waals surface area contributed by atoms with E-state index in [1.807, 2.05) is 0 Å². The van der Waals surface area contributed by atoms with Gasteiger partial charge in [0.15, 0.2) is 0 Å². The highest BCUT2D eigenvalue weighted by molar-refractivity contribution is 6.33. The number of rotatable bonds is 4. The number of anilines is 1. The van der Waals surface area contributed by atoms with Crippen molar-refractivity contribution in [2.24, 2.45) is 0 Å². The molecule has 0 bridgehead atoms. The van der Waals surface area contributed by atoms with Crippen LogP contribution in [0, 0.1) is 0 Å². The molecule has 2 aromatic heterocycles. The van der Waals surface area contributed by atoms with Crippen LogP contribution in [0.25, 0.3) is 0 Å². The molecule has 0 aliphatic carbocycles. The number of hydrogen-bond donors (Lipinski definition) is 0. The van der Waals surface area contributed by atoms with Crippen molar-refractivity contribution < 1.29 is 9.47 Å². The van der Waals surface area contributed by atoms with Gasteiger partial charge in [0.05, 0.1) is 24.4 Å². The molecule has 0 spiro atoms. The van der Waals surface area contributed by atoms with Crippen LogP contribution in [0.15, 0.2) is 24.8 Å². The van der Waals surface area contributed by atoms with E-state index in [4.69, 9.17) is 44.3 Å². The number of aromatic nitrogens is 4. The number of nitrogens with zero attached hydrogens (tertiary/aromatic N) is 6. The summed E-state index contributed by atoms with van der Waals surface area (Å²) in [6, 6.07) is 4.64. The van der Waals surface area contributed by atoms with Crippen LogP contribution in [0.4, 0.5) is 5.82 Å². The van der Waals surface area contributed by atoms with Crippen LogP contribution < -0.4 is 4.90 Å². The average Bonchev–Trinajstić information content (AvgIpc) is 2.84. The Morgan fingerprint density at radius 3 is 1.48 bits per heavy atom. The van der Waals surface area contributed by atoms with Crippen molar-refractivity contribution >= 4 is 40.6 Å². The lowest BCUT2D eigenvalue weighted by Gasteiger charge is -2.35. The molecule has 2 fully saturated rings. The van der Waals surface area contributed by atoms with Crippen molar-refractivity contribution in [3.63, 3.8) is 0 Å². The standard InChI is InChI=1S/C10H14ClN3O.C8H19N.C7H14O.C4H2Cl2N2/c1-7-4-14(5-8(2)15-7)10-3-9(11)12-6-13-10;1-6-9(7(2)3)8(4)5;1-6-4-3-5-7(2)8-6;5-3-1-4(6)8-2-7-3/h3,6-8H,4-5H2,1-2H3;7-8H,6H2,1-5H3;6-7H,3-5H2,1-2H3;1-2H/t7-,8+;;6-,7+;. The van der Waals surface area contributed by atoms with Gasteiger partial charge in [-0.15, -0.1) is 0 Å². The summed E-state index contributed by atoms with van der Waals surface area (Å²) in [4.78, 5) is 19.9. The Balaban J connectivity index is 0.000000280. The first-order valence-corrected chi connectivity index (χ1v) is 15.4. The van der Waals surface area contributed by atoms with Crippen LogP contribution >= 0.6 is 34.8 Å². The molecule has 40 heavy (non-hydrogen) atoms. The molecule has 4 heterocycles. The van der Waals surface area contributed by atoms with Crippen LogP contribution in [0.2, 0.25) is 15.5 Å². The van der Waals surface area contributed by atoms with E-state index in [0.29, 0.717) is 39.8 Å². The molecule has 11 heteroatoms. The molecule has 2 saturated heterocycles. The normalized spacial score (nSPS) is 22.5. The second-order valence-corrected chi connectivity index (χ2v) is 11.9. The molecule has 0 aromatic carbocycles. The zero-order chi connectivity index (χ0) is 30.2. The van der Waals surface area contributed by atoms with Crippen LogP contribution in [0.3, 0.4) is 0 Å². The van der Waals surface area contributed by atoms with E-state index < -0.39 is 0 Å². The zero-order valence-electron chi connectivity index (χ0n) is 25.6. The summed E-state index contributed by atoms with van der Waals surface area (Å²) in [6.45, 7) is 22.4. The molecule has 2 aliphatic heterocycles. The quantitative estimate of drug-likeness (QED) is 0.324. The van der Waals surface area contributed by atoms with E-state index in [1.54, 1.807) is 6.07 Å². The Morgan fingerprint density at radius 1 is 0.750 bits per heavy atom. The van der Waals surface area contributed by atoms with E-state index in [-0.39, 0.29) is 12.2 Å². The molecular weight excluding hydrogens is 571 g/mol. The van der Waals surface area contributed by atoms with Gasteiger partial charge in [0.25, 0.3) is 0 Å². The minimum Gasteiger partial charge on any atom is -0.376 e. The molecule has 2 aliphatic rings. The van der Waals surface area contributed by atoms with Crippen LogP contribution in [-0.2, 0) is 9.47 Å². The minimum absolute atomic E-state index is 0.225. The highest BCUT2D eigenvalue weighted by Gasteiger charge is 2.23. The Morgan fingerprint density at radius 2 is 1.18 bits per heavy atom. The van der Waals surface area contributed by atoms with Gasteiger partial charge < -0.3 is 14.4 Å². The maximum absolute atomic E-state index is 5.83. The highest BCUT2D eigenvalue weighted by atomic mass is 35.5. The van der Waals surface area contributed by atoms with Gasteiger partial charge >= 0.3 is 0 Å². The lowest BCUT2D eigenvalue weighted by atomic mass is 10.1. The largest absolute Gasteiger partial charge is 0.376 e. The van der Waals surface area contributed by atoms with Gasteiger partial charge in [0.1, 0.15) is 33.9 Å². The van der Waals surface area contributed by atoms with Gasteiger partial charge in [0.2, 0.25) is 0 Å². The van der Waals surface area contributed by atoms with Gasteiger partial charge in [-0.25, -0.2) is 19.9 Å². The van der Waals surface area contributed by atoms with E-state index in [9.17, 15) is 0 Å². The van der Waals surface area contributed by atoms with E-state index in [2.05, 4.69) is 92.0 Å². The van der Waals surface area contributed by atoms with E-state index in [1.165, 1.54) is 38.0 Å². The van der Waals surface area contributed by atoms with Crippen molar-refractivity contribution in [1.29, 1.82) is 0 Å². The Hall–Kier alpha value is -1.29. The second-order valence-electron chi connectivity index (χ2n) is 10.7. The lowest BCUT2D eigenvalue weighted by Crippen LogP contribution is -2.45. The van der Waals surface area contributed by atoms with Gasteiger partial charge in [-0.2, -0.15) is 0 Å². The van der Waals surface area contributed by atoms with Crippen molar-refractivity contribution in [1.82, 2.24) is 24.8 Å². The second kappa shape index (κ2) is 19.8. The average molecular weight is 620 g/mol. The summed E-state index contributed by atoms with van der Waals surface area (Å²) < 4.78 is 11.1. The monoisotopic (exact) mass is 618 g/mol. The number of ether oxygens (including phenoxy) is 2. The van der Waals surface area contributed by atoms with E-state index in [0.717, 1.165) is 25.5 Å². The van der Waals surface area contributed by atoms with Crippen molar-refractivity contribution in [2.45, 2.75) is 118 Å². The summed E-state index contributed by atoms with van der Waals surface area (Å²) in [5.41, 5.74) is 0. The first-order chi connectivity index (χ1) is 18.8. The Kier molecular flexibility index (Phi) is 18.1. The van der Waals surface area contributed by atoms with Crippen molar-refractivity contribution in [3.8, 4) is 0 Å². The first kappa shape index (κ1) is 36.7. The Labute approximate surface area is 257 Å². The fraction of sp³-hybridized carbons (Fsp3) is 0.724. The molecule has 0 radical (unpaired) electrons. The predicted octanol–water partition coefficient (Wildman–Crippen LogP) is 7.62. The minimum atomic E-state index is 0.225. The third-order valence-corrected chi connectivity index (χ3v) is 6.96. The topological polar surface area (TPSA) is 76.5 Å². The van der Waals surface area contributed by atoms with Crippen LogP contribution in [-0.4, -0.2) is 81.0 Å². The molecule has 0 amide bonds. The fourth-order valence-corrected chi connectivity index (χ4v) is 5.22. The third-order valence-electron chi connectivity index (χ3n) is 6.34. The SMILES string of the molecule is CCN(C(C)C)C(C)C.C[C@@H]1CCC[C@H](C)O1.C[C@@H]1CN(c2cc(Cl)ncn2)C[C@H](C)O1.Clc1cc(Cl)ncn1. The fourth-order valence-electron chi connectivity index (χ4n) is 4.73. The lowest BCUT2D eigenvalue weighted by molar-refractivity contribution is -0.0292. The molecule has 0 unspecified atom stereocenters. The summed E-state index contributed by atoms with van der Waals surface area (Å²) in [6.07, 6.45) is 8.13. The van der Waals surface area contributed by atoms with Gasteiger partial charge in [-0.1, -0.05) is 41.7 Å². The van der Waals surface area contributed by atoms with Crippen molar-refractivity contribution in [2.75, 3.05) is 24.5 Å². The van der Waals surface area contributed by atoms with Crippen LogP contribution in [0.1, 0.15) is 81.6 Å². The maximum atomic E-state index is 5.83. The number of morpholine rings is 1. The first-order valence-electron chi connectivity index (χ1n) is 14.2. The highest BCUT2D eigenvalue weighted by Crippen LogP contribution is 2.20. The molecule has 0 saturated carbocycles. The summed E-state index contributed by atoms with van der Waals surface area (Å²) in [7, 11) is 0. The molecule has 8 nitrogen and oxygen atoms in total. The molecule has 4 rings (SSSR count). The molecule has 0 N–H and O–H groups in total. The summed E-state index contributed by atoms with van der Waals surface area (Å²) >= 11 is 16.6. The summed E-state index contributed by atoms with van der Waals surface area (Å²) in [5.74, 6) is 0.872. The van der Waals surface area contributed by atoms with Crippen molar-refractivity contribution in [3.05, 3.63) is 40.2 Å². The predicted molar refractivity (Wildman–Crippen MR) is 168 cm³/mol. The van der Waals surface area contributed by atoms with Gasteiger partial charge in [-0.05, 0) is 81.2 Å². The Bertz CT molecular complexity index is 912. The maximum Gasteiger partial charge on any atom is 0.134 e. The molecular formula is C29H49Cl3N6O2. The number of halogens is 3. The van der Waals surface area contributed by atoms with Crippen LogP contribution in [0.5, 0.6) is 0 Å². The zero-order valence-corrected chi connectivity index (χ0v) is 27.9. The molecule has 4 atom stereocenters. The smallest absolute Gasteiger partial charge is 0.134 e. The molecule has 228 valence electrons. The third kappa shape index (κ3) is 15.6. The number of hydrogen-bond acceptors (Lipinski definition) is 8. The van der Waals surface area contributed by atoms with E-state index >= 15 is 0 Å².